The number of sulfonamides is 1. The van der Waals surface area contributed by atoms with Gasteiger partial charge in [-0.2, -0.15) is 0 Å². The molecule has 8 aromatic rings. The van der Waals surface area contributed by atoms with Crippen LogP contribution < -0.4 is 25.8 Å². The van der Waals surface area contributed by atoms with E-state index in [0.717, 1.165) is 88.5 Å². The monoisotopic (exact) mass is 1440 g/mol. The average molecular weight is 1440 g/mol. The van der Waals surface area contributed by atoms with Crippen molar-refractivity contribution in [3.8, 4) is 0 Å². The highest BCUT2D eigenvalue weighted by atomic mass is 32.2. The van der Waals surface area contributed by atoms with Crippen LogP contribution in [0, 0.1) is 54.4 Å². The molecule has 1 unspecified atom stereocenters. The van der Waals surface area contributed by atoms with Crippen LogP contribution in [0.15, 0.2) is 152 Å². The molecule has 18 nitrogen and oxygen atoms in total. The molecule has 2 aromatic heterocycles. The molecule has 1 atom stereocenters. The number of hydrogen-bond acceptors (Lipinski definition) is 13. The van der Waals surface area contributed by atoms with Crippen molar-refractivity contribution in [1.82, 2.24) is 28.7 Å². The summed E-state index contributed by atoms with van der Waals surface area (Å²) in [6, 6.07) is 36.3. The number of rotatable bonds is 5. The van der Waals surface area contributed by atoms with Crippen LogP contribution in [0.1, 0.15) is 150 Å². The maximum Gasteiger partial charge on any atom is 0.366 e. The van der Waals surface area contributed by atoms with E-state index in [2.05, 4.69) is 162 Å². The maximum atomic E-state index is 12.0. The topological polar surface area (TPSA) is 182 Å². The standard InChI is InChI=1S/C13H19N.C12H13NO.C12H17N.C12H15N.C10H12N2O3S.C9H7NO2.C7H15NO.C5H11NO.C5H10O/c1-10-5-6-12-11(7-10)8-14(4)9-13(12,2)3;1-8-4-5-11-10(6-8)12(14)9(2)7-13(11)3;1-9-5-6-10-11(7-9)13(4)8-12(10,2)3;1-9-4-5-12-11(6-9)7-10(2)8-13(12)3;1-7-4-5-8-9(6-7)16(14,15)12(3)10(13)11(8)2;1-6-2-3-7-5-10-12-9(11)8(7)4-6;1-5-6(2)7(9)8(3)4;1-4-6(3)5(2)7;1-2-6-5-3-4-5/h5-7H,8-9H2,1-4H3;4-7H,1-3H3;5-7H,8H2,1-4H3;4-6,8H,7H2,1-3H3;4-6H,1-3H3;2-5H,1H3;6H,5H2,1-4H3;4H2,1-3H3;5H,2-4H2,1H3. The number of anilines is 3. The fourth-order valence-corrected chi connectivity index (χ4v) is 14.2. The molecular weight excluding hydrogens is 1320 g/mol. The molecule has 19 heteroatoms. The van der Waals surface area contributed by atoms with Gasteiger partial charge >= 0.3 is 11.7 Å². The van der Waals surface area contributed by atoms with Crippen molar-refractivity contribution in [1.29, 1.82) is 0 Å². The highest BCUT2D eigenvalue weighted by Gasteiger charge is 2.38. The normalized spacial score (nSPS) is 15.5. The van der Waals surface area contributed by atoms with E-state index in [4.69, 9.17) is 4.74 Å². The van der Waals surface area contributed by atoms with Gasteiger partial charge in [-0.15, -0.1) is 0 Å². The highest BCUT2D eigenvalue weighted by Crippen LogP contribution is 2.40. The first-order chi connectivity index (χ1) is 48.6. The largest absolute Gasteiger partial charge is 0.379 e. The number of carbonyl (C=O) groups excluding carboxylic acids is 3. The lowest BCUT2D eigenvalue weighted by Crippen LogP contribution is -2.46. The summed E-state index contributed by atoms with van der Waals surface area (Å²) in [6.07, 6.45) is 10.9. The Kier molecular flexibility index (Phi) is 31.1. The second-order valence-corrected chi connectivity index (χ2v) is 31.8. The van der Waals surface area contributed by atoms with Gasteiger partial charge in [-0.05, 0) is 178 Å². The van der Waals surface area contributed by atoms with Gasteiger partial charge in [0.2, 0.25) is 11.8 Å². The molecule has 1 aliphatic carbocycles. The van der Waals surface area contributed by atoms with Crippen molar-refractivity contribution >= 4 is 66.6 Å². The number of fused-ring (bicyclic) bond motifs is 6. The zero-order valence-corrected chi connectivity index (χ0v) is 68.1. The van der Waals surface area contributed by atoms with Gasteiger partial charge < -0.3 is 38.3 Å². The third kappa shape index (κ3) is 23.6. The summed E-state index contributed by atoms with van der Waals surface area (Å²) in [5, 5.41) is 5.67. The van der Waals surface area contributed by atoms with E-state index in [-0.39, 0.29) is 33.7 Å². The molecule has 104 heavy (non-hydrogen) atoms. The lowest BCUT2D eigenvalue weighted by Gasteiger charge is -2.38. The zero-order chi connectivity index (χ0) is 78.0. The van der Waals surface area contributed by atoms with E-state index in [9.17, 15) is 32.4 Å². The van der Waals surface area contributed by atoms with Crippen molar-refractivity contribution in [3.63, 3.8) is 0 Å². The van der Waals surface area contributed by atoms with E-state index in [1.165, 1.54) is 86.9 Å². The number of nitrogens with zero attached hydrogens (tertiary/aromatic N) is 9. The molecule has 6 heterocycles. The van der Waals surface area contributed by atoms with E-state index in [1.54, 1.807) is 69.2 Å². The third-order valence-corrected chi connectivity index (χ3v) is 20.6. The van der Waals surface area contributed by atoms with E-state index in [0.29, 0.717) is 28.0 Å². The summed E-state index contributed by atoms with van der Waals surface area (Å²) < 4.78 is 36.4. The van der Waals surface area contributed by atoms with Crippen LogP contribution >= 0.6 is 0 Å². The van der Waals surface area contributed by atoms with E-state index < -0.39 is 16.1 Å². The Bertz CT molecular complexity index is 4550. The molecule has 13 rings (SSSR count). The van der Waals surface area contributed by atoms with Gasteiger partial charge in [0.1, 0.15) is 4.90 Å². The molecule has 4 amide bonds. The first kappa shape index (κ1) is 85.7. The molecule has 0 bridgehead atoms. The highest BCUT2D eigenvalue weighted by molar-refractivity contribution is 7.90. The van der Waals surface area contributed by atoms with Crippen LogP contribution in [0.5, 0.6) is 0 Å². The summed E-state index contributed by atoms with van der Waals surface area (Å²) in [7, 11) is 12.9. The minimum absolute atomic E-state index is 0.127. The van der Waals surface area contributed by atoms with Crippen molar-refractivity contribution in [2.45, 2.75) is 172 Å². The molecule has 5 aliphatic rings. The summed E-state index contributed by atoms with van der Waals surface area (Å²) in [4.78, 5) is 67.6. The Labute approximate surface area is 621 Å². The number of likely N-dealkylation sites (N-methyl/N-ethyl adjacent to an activating group) is 2. The van der Waals surface area contributed by atoms with Crippen molar-refractivity contribution in [3.05, 3.63) is 215 Å². The number of aromatic nitrogens is 2. The number of aryl methyl sites for hydroxylation is 8. The predicted molar refractivity (Wildman–Crippen MR) is 430 cm³/mol. The Morgan fingerprint density at radius 2 is 1.18 bits per heavy atom. The summed E-state index contributed by atoms with van der Waals surface area (Å²) in [5.41, 5.74) is 19.8. The average Bonchev–Trinajstić information content (AvgIpc) is 1.20. The Hall–Kier alpha value is -8.91. The molecule has 0 N–H and O–H groups in total. The van der Waals surface area contributed by atoms with Gasteiger partial charge in [-0.25, -0.2) is 22.3 Å². The predicted octanol–water partition coefficient (Wildman–Crippen LogP) is 16.0. The summed E-state index contributed by atoms with van der Waals surface area (Å²) in [6.45, 7) is 40.1. The Balaban J connectivity index is 0.000000213. The molecule has 0 saturated heterocycles. The van der Waals surface area contributed by atoms with E-state index >= 15 is 0 Å². The third-order valence-electron chi connectivity index (χ3n) is 18.9. The molecule has 564 valence electrons. The van der Waals surface area contributed by atoms with Gasteiger partial charge in [0.15, 0.2) is 5.43 Å². The van der Waals surface area contributed by atoms with Crippen LogP contribution in [-0.4, -0.2) is 144 Å². The van der Waals surface area contributed by atoms with Gasteiger partial charge in [0.05, 0.1) is 28.9 Å². The zero-order valence-electron chi connectivity index (χ0n) is 67.3. The second kappa shape index (κ2) is 37.7. The van der Waals surface area contributed by atoms with Gasteiger partial charge in [0.25, 0.3) is 10.0 Å². The molecule has 0 radical (unpaired) electrons. The van der Waals surface area contributed by atoms with E-state index in [1.807, 2.05) is 104 Å². The second-order valence-electron chi connectivity index (χ2n) is 29.9. The maximum absolute atomic E-state index is 12.0. The number of ether oxygens (including phenoxy) is 1. The molecule has 1 saturated carbocycles. The molecule has 1 fully saturated rings. The molecule has 4 aliphatic heterocycles. The smallest absolute Gasteiger partial charge is 0.366 e. The lowest BCUT2D eigenvalue weighted by atomic mass is 9.78. The van der Waals surface area contributed by atoms with Gasteiger partial charge in [-0.1, -0.05) is 141 Å². The van der Waals surface area contributed by atoms with Crippen LogP contribution in [0.25, 0.3) is 21.7 Å². The van der Waals surface area contributed by atoms with Crippen LogP contribution in [-0.2, 0) is 55.2 Å². The van der Waals surface area contributed by atoms with Crippen LogP contribution in [0.4, 0.5) is 21.9 Å². The number of carbonyl (C=O) groups is 3. The summed E-state index contributed by atoms with van der Waals surface area (Å²) >= 11 is 0. The van der Waals surface area contributed by atoms with Crippen molar-refractivity contribution in [2.24, 2.45) is 13.0 Å². The Morgan fingerprint density at radius 3 is 1.73 bits per heavy atom. The first-order valence-electron chi connectivity index (χ1n) is 36.0. The number of urea groups is 1. The number of benzene rings is 6. The minimum Gasteiger partial charge on any atom is -0.379 e. The number of pyridine rings is 1. The van der Waals surface area contributed by atoms with Crippen molar-refractivity contribution in [2.75, 3.05) is 97.3 Å². The lowest BCUT2D eigenvalue weighted by molar-refractivity contribution is -0.132. The Morgan fingerprint density at radius 1 is 0.654 bits per heavy atom. The van der Waals surface area contributed by atoms with Crippen molar-refractivity contribution < 1.29 is 32.1 Å². The molecule has 0 spiro atoms. The quantitative estimate of drug-likeness (QED) is 0.159. The van der Waals surface area contributed by atoms with Crippen LogP contribution in [0.3, 0.4) is 0 Å². The molecule has 6 aromatic carbocycles. The van der Waals surface area contributed by atoms with Crippen LogP contribution in [0.2, 0.25) is 0 Å². The minimum atomic E-state index is -3.68. The fraction of sp³-hybridized carbons (Fsp3) is 0.459. The SMILES string of the molecule is CC1=CN(C)c2ccc(C)cc2C1.CCC(C)C(=O)N(C)C.CCN(C)C(C)=O.CCOC1CC1.Cc1ccc2c(c1)CN(C)CC2(C)C.Cc1ccc2c(c1)N(C)CC2(C)C.Cc1ccc2c(c1)S(=O)(=O)N(C)C(=O)N2C.Cc1ccc2c(c1)c(=O)c(C)cn2C.Cc1ccc2cnoc(=O)c2c1. The first-order valence-corrected chi connectivity index (χ1v) is 37.5. The fourth-order valence-electron chi connectivity index (χ4n) is 12.7. The molecular formula is C85H119N9O9S. The van der Waals surface area contributed by atoms with Gasteiger partial charge in [-0.3, -0.25) is 19.3 Å². The summed E-state index contributed by atoms with van der Waals surface area (Å²) in [5.74, 6) is 0.528. The van der Waals surface area contributed by atoms with Gasteiger partial charge in [0, 0.05) is 153 Å². The number of amides is 4. The number of hydrogen-bond donors (Lipinski definition) is 0. The number of allylic oxidation sites excluding steroid dienone is 1.